The molecule has 4 nitrogen and oxygen atoms in total. The number of rotatable bonds is 4. The van der Waals surface area contributed by atoms with E-state index in [1.165, 1.54) is 0 Å². The second-order valence-electron chi connectivity index (χ2n) is 5.26. The Bertz CT molecular complexity index is 246. The van der Waals surface area contributed by atoms with Gasteiger partial charge >= 0.3 is 0 Å². The van der Waals surface area contributed by atoms with E-state index in [1.807, 2.05) is 38.0 Å². The van der Waals surface area contributed by atoms with Crippen LogP contribution in [0, 0.1) is 11.8 Å². The fraction of sp³-hybridized carbons (Fsp3) is 0.833. The molecule has 0 N–H and O–H groups in total. The number of Topliss-reactive ketones (excluding diaryl/α,β-unsaturated/α-hetero) is 2. The molecule has 1 aliphatic carbocycles. The van der Waals surface area contributed by atoms with Crippen molar-refractivity contribution < 1.29 is 9.59 Å². The topological polar surface area (TPSA) is 40.6 Å². The van der Waals surface area contributed by atoms with E-state index in [2.05, 4.69) is 0 Å². The molecule has 1 rings (SSSR count). The second kappa shape index (κ2) is 5.55. The van der Waals surface area contributed by atoms with E-state index in [-0.39, 0.29) is 23.4 Å². The number of hydrogen-bond donors (Lipinski definition) is 0. The minimum atomic E-state index is -0.0825. The highest BCUT2D eigenvalue weighted by Gasteiger charge is 2.34. The molecule has 0 unspecified atom stereocenters. The molecule has 0 amide bonds. The van der Waals surface area contributed by atoms with Gasteiger partial charge in [-0.15, -0.1) is 0 Å². The molecule has 0 heterocycles. The molecule has 16 heavy (non-hydrogen) atoms. The fourth-order valence-electron chi connectivity index (χ4n) is 2.26. The average Bonchev–Trinajstić information content (AvgIpc) is 2.11. The Morgan fingerprint density at radius 1 is 0.875 bits per heavy atom. The summed E-state index contributed by atoms with van der Waals surface area (Å²) < 4.78 is 0. The minimum Gasteiger partial charge on any atom is -0.309 e. The first kappa shape index (κ1) is 13.3. The fourth-order valence-corrected chi connectivity index (χ4v) is 2.26. The van der Waals surface area contributed by atoms with Gasteiger partial charge in [0.15, 0.2) is 0 Å². The summed E-state index contributed by atoms with van der Waals surface area (Å²) in [6, 6.07) is 0. The van der Waals surface area contributed by atoms with Crippen LogP contribution < -0.4 is 0 Å². The van der Waals surface area contributed by atoms with E-state index >= 15 is 0 Å². The number of hydrogen-bond acceptors (Lipinski definition) is 4. The standard InChI is InChI=1S/C12H22N2O2/c1-13(2)7-9-5-12(16)10(6-11(9)15)8-14(3)4/h9-10H,5-8H2,1-4H3/t9-,10-/m1/s1. The number of carbonyl (C=O) groups excluding carboxylic acids is 2. The lowest BCUT2D eigenvalue weighted by Crippen LogP contribution is -2.41. The van der Waals surface area contributed by atoms with Crippen LogP contribution in [0.2, 0.25) is 0 Å². The zero-order valence-electron chi connectivity index (χ0n) is 10.7. The first-order chi connectivity index (χ1) is 7.40. The largest absolute Gasteiger partial charge is 0.309 e. The smallest absolute Gasteiger partial charge is 0.138 e. The molecule has 1 fully saturated rings. The SMILES string of the molecule is CN(C)C[C@H]1CC(=O)[C@@H](CN(C)C)CC1=O. The first-order valence-electron chi connectivity index (χ1n) is 5.75. The van der Waals surface area contributed by atoms with Crippen LogP contribution in [-0.4, -0.2) is 62.6 Å². The Balaban J connectivity index is 2.56. The van der Waals surface area contributed by atoms with Gasteiger partial charge in [0.1, 0.15) is 11.6 Å². The summed E-state index contributed by atoms with van der Waals surface area (Å²) in [7, 11) is 7.74. The molecule has 0 spiro atoms. The Labute approximate surface area is 97.6 Å². The van der Waals surface area contributed by atoms with Crippen LogP contribution >= 0.6 is 0 Å². The van der Waals surface area contributed by atoms with Crippen LogP contribution in [0.5, 0.6) is 0 Å². The maximum atomic E-state index is 11.9. The maximum absolute atomic E-state index is 11.9. The minimum absolute atomic E-state index is 0.0825. The van der Waals surface area contributed by atoms with Crippen molar-refractivity contribution >= 4 is 11.6 Å². The van der Waals surface area contributed by atoms with Crippen molar-refractivity contribution in [2.75, 3.05) is 41.3 Å². The van der Waals surface area contributed by atoms with Gasteiger partial charge in [0.2, 0.25) is 0 Å². The third-order valence-corrected chi connectivity index (χ3v) is 2.98. The summed E-state index contributed by atoms with van der Waals surface area (Å²) in [5.41, 5.74) is 0. The van der Waals surface area contributed by atoms with Crippen molar-refractivity contribution in [2.45, 2.75) is 12.8 Å². The summed E-state index contributed by atoms with van der Waals surface area (Å²) in [6.45, 7) is 1.39. The van der Waals surface area contributed by atoms with Gasteiger partial charge in [-0.3, -0.25) is 9.59 Å². The zero-order chi connectivity index (χ0) is 12.3. The number of ketones is 2. The molecule has 92 valence electrons. The predicted octanol–water partition coefficient (Wildman–Crippen LogP) is 0.274. The van der Waals surface area contributed by atoms with Crippen LogP contribution in [0.4, 0.5) is 0 Å². The van der Waals surface area contributed by atoms with Gasteiger partial charge < -0.3 is 9.80 Å². The molecular weight excluding hydrogens is 204 g/mol. The summed E-state index contributed by atoms with van der Waals surface area (Å²) >= 11 is 0. The molecule has 0 aromatic carbocycles. The van der Waals surface area contributed by atoms with Gasteiger partial charge in [0, 0.05) is 37.8 Å². The zero-order valence-corrected chi connectivity index (χ0v) is 10.7. The Morgan fingerprint density at radius 2 is 1.19 bits per heavy atom. The Hall–Kier alpha value is -0.740. The van der Waals surface area contributed by atoms with E-state index in [9.17, 15) is 9.59 Å². The summed E-state index contributed by atoms with van der Waals surface area (Å²) in [5, 5.41) is 0. The molecular formula is C12H22N2O2. The third kappa shape index (κ3) is 3.68. The van der Waals surface area contributed by atoms with Crippen molar-refractivity contribution in [1.82, 2.24) is 9.80 Å². The van der Waals surface area contributed by atoms with Crippen LogP contribution in [0.25, 0.3) is 0 Å². The molecule has 0 saturated heterocycles. The van der Waals surface area contributed by atoms with E-state index in [0.717, 1.165) is 0 Å². The van der Waals surface area contributed by atoms with Gasteiger partial charge in [0.05, 0.1) is 0 Å². The van der Waals surface area contributed by atoms with Gasteiger partial charge in [-0.25, -0.2) is 0 Å². The molecule has 1 aliphatic rings. The molecule has 0 aromatic rings. The normalized spacial score (nSPS) is 26.9. The molecule has 0 aliphatic heterocycles. The van der Waals surface area contributed by atoms with Gasteiger partial charge in [-0.05, 0) is 28.2 Å². The highest BCUT2D eigenvalue weighted by molar-refractivity contribution is 5.96. The van der Waals surface area contributed by atoms with Gasteiger partial charge in [0.25, 0.3) is 0 Å². The number of nitrogens with zero attached hydrogens (tertiary/aromatic N) is 2. The lowest BCUT2D eigenvalue weighted by atomic mass is 9.79. The highest BCUT2D eigenvalue weighted by Crippen LogP contribution is 2.24. The number of carbonyl (C=O) groups is 2. The molecule has 4 heteroatoms. The van der Waals surface area contributed by atoms with Crippen LogP contribution in [-0.2, 0) is 9.59 Å². The maximum Gasteiger partial charge on any atom is 0.138 e. The third-order valence-electron chi connectivity index (χ3n) is 2.98. The second-order valence-corrected chi connectivity index (χ2v) is 5.26. The van der Waals surface area contributed by atoms with Crippen LogP contribution in [0.15, 0.2) is 0 Å². The van der Waals surface area contributed by atoms with Gasteiger partial charge in [-0.2, -0.15) is 0 Å². The Morgan fingerprint density at radius 3 is 1.44 bits per heavy atom. The predicted molar refractivity (Wildman–Crippen MR) is 63.3 cm³/mol. The van der Waals surface area contributed by atoms with E-state index < -0.39 is 0 Å². The quantitative estimate of drug-likeness (QED) is 0.690. The van der Waals surface area contributed by atoms with E-state index in [4.69, 9.17) is 0 Å². The van der Waals surface area contributed by atoms with E-state index in [1.54, 1.807) is 0 Å². The van der Waals surface area contributed by atoms with Crippen LogP contribution in [0.3, 0.4) is 0 Å². The molecule has 1 saturated carbocycles. The average molecular weight is 226 g/mol. The van der Waals surface area contributed by atoms with Crippen molar-refractivity contribution in [2.24, 2.45) is 11.8 Å². The van der Waals surface area contributed by atoms with Gasteiger partial charge in [-0.1, -0.05) is 0 Å². The van der Waals surface area contributed by atoms with Crippen molar-refractivity contribution in [3.8, 4) is 0 Å². The van der Waals surface area contributed by atoms with Crippen molar-refractivity contribution in [1.29, 1.82) is 0 Å². The van der Waals surface area contributed by atoms with Crippen LogP contribution in [0.1, 0.15) is 12.8 Å². The summed E-state index contributed by atoms with van der Waals surface area (Å²) in [4.78, 5) is 27.7. The highest BCUT2D eigenvalue weighted by atomic mass is 16.1. The molecule has 0 radical (unpaired) electrons. The van der Waals surface area contributed by atoms with E-state index in [0.29, 0.717) is 25.9 Å². The Kier molecular flexibility index (Phi) is 4.62. The van der Waals surface area contributed by atoms with Crippen molar-refractivity contribution in [3.63, 3.8) is 0 Å². The lowest BCUT2D eigenvalue weighted by Gasteiger charge is -2.29. The molecule has 0 aromatic heterocycles. The lowest BCUT2D eigenvalue weighted by molar-refractivity contribution is -0.137. The summed E-state index contributed by atoms with van der Waals surface area (Å²) in [5.74, 6) is 0.335. The summed E-state index contributed by atoms with van der Waals surface area (Å²) in [6.07, 6.45) is 0.852. The molecule has 0 bridgehead atoms. The molecule has 2 atom stereocenters. The van der Waals surface area contributed by atoms with Crippen molar-refractivity contribution in [3.05, 3.63) is 0 Å². The monoisotopic (exact) mass is 226 g/mol. The first-order valence-corrected chi connectivity index (χ1v) is 5.75.